The Kier molecular flexibility index (Phi) is 8.99. The Morgan fingerprint density at radius 1 is 1.06 bits per heavy atom. The summed E-state index contributed by atoms with van der Waals surface area (Å²) in [6.45, 7) is 3.70. The Morgan fingerprint density at radius 3 is 2.29 bits per heavy atom. The zero-order valence-corrected chi connectivity index (χ0v) is 18.8. The number of rotatable bonds is 11. The van der Waals surface area contributed by atoms with Gasteiger partial charge in [-0.25, -0.2) is 0 Å². The van der Waals surface area contributed by atoms with E-state index >= 15 is 0 Å². The highest BCUT2D eigenvalue weighted by Crippen LogP contribution is 2.51. The van der Waals surface area contributed by atoms with Crippen molar-refractivity contribution >= 4 is 19.2 Å². The molecule has 0 bridgehead atoms. The number of nitrogens with two attached hydrogens (primary N) is 1. The number of hydrogen-bond donors (Lipinski definition) is 4. The molecule has 0 aliphatic carbocycles. The molecule has 1 amide bonds. The highest BCUT2D eigenvalue weighted by atomic mass is 31.2. The predicted octanol–water partition coefficient (Wildman–Crippen LogP) is 3.32. The maximum atomic E-state index is 13.3. The summed E-state index contributed by atoms with van der Waals surface area (Å²) in [6.07, 6.45) is 0.211. The molecule has 0 saturated carbocycles. The fourth-order valence-electron chi connectivity index (χ4n) is 3.51. The largest absolute Gasteiger partial charge is 0.481 e. The SMILES string of the molecule is CC(C)C(NC(=O)CCc1ccccc1)P(=O)(O)CC(C(=O)O)c1cccc(CN)c1. The highest BCUT2D eigenvalue weighted by molar-refractivity contribution is 7.58. The second-order valence-corrected chi connectivity index (χ2v) is 10.5. The number of carboxylic acid groups (broad SMARTS) is 1. The minimum Gasteiger partial charge on any atom is -0.481 e. The number of aliphatic carboxylic acids is 1. The van der Waals surface area contributed by atoms with Gasteiger partial charge in [0.25, 0.3) is 0 Å². The molecule has 3 unspecified atom stereocenters. The molecule has 8 heteroatoms. The van der Waals surface area contributed by atoms with Crippen LogP contribution in [0.3, 0.4) is 0 Å². The maximum absolute atomic E-state index is 13.3. The molecule has 0 heterocycles. The Bertz CT molecular complexity index is 933. The van der Waals surface area contributed by atoms with Crippen molar-refractivity contribution < 1.29 is 24.2 Å². The molecule has 0 saturated heterocycles. The summed E-state index contributed by atoms with van der Waals surface area (Å²) in [5, 5.41) is 12.4. The van der Waals surface area contributed by atoms with Crippen molar-refractivity contribution in [2.24, 2.45) is 11.7 Å². The van der Waals surface area contributed by atoms with Gasteiger partial charge >= 0.3 is 5.97 Å². The van der Waals surface area contributed by atoms with Crippen LogP contribution in [0, 0.1) is 5.92 Å². The monoisotopic (exact) mass is 446 g/mol. The molecule has 5 N–H and O–H groups in total. The van der Waals surface area contributed by atoms with Gasteiger partial charge in [-0.2, -0.15) is 0 Å². The molecule has 3 atom stereocenters. The molecule has 0 radical (unpaired) electrons. The van der Waals surface area contributed by atoms with E-state index in [1.54, 1.807) is 38.1 Å². The zero-order valence-electron chi connectivity index (χ0n) is 17.9. The molecule has 0 aliphatic heterocycles. The van der Waals surface area contributed by atoms with Gasteiger partial charge in [-0.05, 0) is 29.0 Å². The molecule has 0 fully saturated rings. The third-order valence-corrected chi connectivity index (χ3v) is 7.67. The van der Waals surface area contributed by atoms with Crippen LogP contribution in [0.4, 0.5) is 0 Å². The van der Waals surface area contributed by atoms with Crippen molar-refractivity contribution in [3.8, 4) is 0 Å². The van der Waals surface area contributed by atoms with Crippen molar-refractivity contribution in [3.63, 3.8) is 0 Å². The summed E-state index contributed by atoms with van der Waals surface area (Å²) < 4.78 is 13.3. The third-order valence-electron chi connectivity index (χ3n) is 5.19. The predicted molar refractivity (Wildman–Crippen MR) is 121 cm³/mol. The average Bonchev–Trinajstić information content (AvgIpc) is 2.74. The van der Waals surface area contributed by atoms with E-state index in [0.29, 0.717) is 12.0 Å². The summed E-state index contributed by atoms with van der Waals surface area (Å²) in [5.41, 5.74) is 7.79. The quantitative estimate of drug-likeness (QED) is 0.392. The van der Waals surface area contributed by atoms with Crippen LogP contribution in [0.2, 0.25) is 0 Å². The molecule has 2 rings (SSSR count). The second-order valence-electron chi connectivity index (χ2n) is 8.02. The summed E-state index contributed by atoms with van der Waals surface area (Å²) in [5.74, 6) is -4.09. The first-order chi connectivity index (χ1) is 14.6. The van der Waals surface area contributed by atoms with Gasteiger partial charge in [0.15, 0.2) is 0 Å². The van der Waals surface area contributed by atoms with E-state index in [0.717, 1.165) is 11.1 Å². The Labute approximate surface area is 183 Å². The van der Waals surface area contributed by atoms with Gasteiger partial charge in [0.05, 0.1) is 5.92 Å². The van der Waals surface area contributed by atoms with Crippen molar-refractivity contribution in [2.45, 2.75) is 44.9 Å². The zero-order chi connectivity index (χ0) is 23.0. The third kappa shape index (κ3) is 7.31. The number of nitrogens with one attached hydrogen (secondary N) is 1. The van der Waals surface area contributed by atoms with Gasteiger partial charge in [-0.1, -0.05) is 68.4 Å². The number of hydrogen-bond acceptors (Lipinski definition) is 4. The summed E-state index contributed by atoms with van der Waals surface area (Å²) in [7, 11) is -4.05. The topological polar surface area (TPSA) is 130 Å². The molecule has 2 aromatic rings. The van der Waals surface area contributed by atoms with Crippen LogP contribution in [-0.2, 0) is 27.1 Å². The van der Waals surface area contributed by atoms with E-state index < -0.39 is 31.2 Å². The van der Waals surface area contributed by atoms with Crippen molar-refractivity contribution in [2.75, 3.05) is 6.16 Å². The fraction of sp³-hybridized carbons (Fsp3) is 0.391. The first-order valence-electron chi connectivity index (χ1n) is 10.3. The van der Waals surface area contributed by atoms with Crippen LogP contribution in [0.25, 0.3) is 0 Å². The normalized spacial score (nSPS) is 15.1. The summed E-state index contributed by atoms with van der Waals surface area (Å²) in [6, 6.07) is 16.2. The standard InChI is InChI=1S/C23H31N2O5P/c1-16(2)22(25-21(26)12-11-17-7-4-3-5-8-17)31(29,30)15-20(23(27)28)19-10-6-9-18(13-19)14-24/h3-10,13,16,20,22H,11-12,14-15,24H2,1-2H3,(H,25,26)(H,27,28)(H,29,30). The number of carbonyl (C=O) groups is 2. The van der Waals surface area contributed by atoms with E-state index in [4.69, 9.17) is 5.73 Å². The molecular formula is C23H31N2O5P. The first-order valence-corrected chi connectivity index (χ1v) is 12.2. The van der Waals surface area contributed by atoms with E-state index in [2.05, 4.69) is 5.32 Å². The van der Waals surface area contributed by atoms with Crippen molar-refractivity contribution in [1.29, 1.82) is 0 Å². The lowest BCUT2D eigenvalue weighted by Gasteiger charge is -2.29. The van der Waals surface area contributed by atoms with Crippen LogP contribution in [0.5, 0.6) is 0 Å². The molecule has 0 aliphatic rings. The minimum atomic E-state index is -4.05. The van der Waals surface area contributed by atoms with E-state index in [9.17, 15) is 24.2 Å². The lowest BCUT2D eigenvalue weighted by Crippen LogP contribution is -2.40. The molecular weight excluding hydrogens is 415 g/mol. The smallest absolute Gasteiger partial charge is 0.311 e. The number of benzene rings is 2. The Balaban J connectivity index is 2.14. The molecule has 31 heavy (non-hydrogen) atoms. The van der Waals surface area contributed by atoms with Crippen LogP contribution >= 0.6 is 7.37 Å². The van der Waals surface area contributed by atoms with E-state index in [-0.39, 0.29) is 24.8 Å². The highest BCUT2D eigenvalue weighted by Gasteiger charge is 2.39. The van der Waals surface area contributed by atoms with Crippen LogP contribution in [0.1, 0.15) is 42.9 Å². The van der Waals surface area contributed by atoms with Crippen molar-refractivity contribution in [1.82, 2.24) is 5.32 Å². The Hall–Kier alpha value is -2.47. The molecule has 2 aromatic carbocycles. The molecule has 0 spiro atoms. The maximum Gasteiger partial charge on any atom is 0.311 e. The number of carbonyl (C=O) groups excluding carboxylic acids is 1. The lowest BCUT2D eigenvalue weighted by molar-refractivity contribution is -0.138. The van der Waals surface area contributed by atoms with Crippen LogP contribution in [0.15, 0.2) is 54.6 Å². The van der Waals surface area contributed by atoms with Crippen LogP contribution < -0.4 is 11.1 Å². The Morgan fingerprint density at radius 2 is 1.71 bits per heavy atom. The minimum absolute atomic E-state index is 0.175. The van der Waals surface area contributed by atoms with Gasteiger partial charge in [0.2, 0.25) is 13.3 Å². The summed E-state index contributed by atoms with van der Waals surface area (Å²) >= 11 is 0. The number of aryl methyl sites for hydroxylation is 1. The van der Waals surface area contributed by atoms with Crippen molar-refractivity contribution in [3.05, 3.63) is 71.3 Å². The molecule has 0 aromatic heterocycles. The average molecular weight is 446 g/mol. The first kappa shape index (κ1) is 24.8. The van der Waals surface area contributed by atoms with E-state index in [1.165, 1.54) is 0 Å². The fourth-order valence-corrected chi connectivity index (χ4v) is 5.91. The van der Waals surface area contributed by atoms with Gasteiger partial charge in [0, 0.05) is 19.1 Å². The van der Waals surface area contributed by atoms with Gasteiger partial charge in [-0.3, -0.25) is 14.2 Å². The number of amides is 1. The lowest BCUT2D eigenvalue weighted by atomic mass is 9.99. The summed E-state index contributed by atoms with van der Waals surface area (Å²) in [4.78, 5) is 35.2. The van der Waals surface area contributed by atoms with Gasteiger partial charge in [0.1, 0.15) is 5.78 Å². The van der Waals surface area contributed by atoms with E-state index in [1.807, 2.05) is 30.3 Å². The molecule has 168 valence electrons. The second kappa shape index (κ2) is 11.2. The molecule has 7 nitrogen and oxygen atoms in total. The van der Waals surface area contributed by atoms with Gasteiger partial charge < -0.3 is 21.1 Å². The van der Waals surface area contributed by atoms with Gasteiger partial charge in [-0.15, -0.1) is 0 Å². The van der Waals surface area contributed by atoms with Crippen LogP contribution in [-0.4, -0.2) is 33.8 Å². The number of carboxylic acids is 1.